The van der Waals surface area contributed by atoms with Gasteiger partial charge in [0, 0.05) is 30.5 Å². The summed E-state index contributed by atoms with van der Waals surface area (Å²) in [6.45, 7) is 2.31. The summed E-state index contributed by atoms with van der Waals surface area (Å²) < 4.78 is 32.6. The van der Waals surface area contributed by atoms with E-state index in [9.17, 15) is 18.4 Å². The highest BCUT2D eigenvalue weighted by molar-refractivity contribution is 6.21. The number of likely N-dealkylation sites (tertiary alicyclic amines) is 1. The van der Waals surface area contributed by atoms with Crippen LogP contribution in [0.1, 0.15) is 45.2 Å². The molecule has 0 radical (unpaired) electrons. The van der Waals surface area contributed by atoms with Gasteiger partial charge in [-0.25, -0.2) is 8.78 Å². The monoisotopic (exact) mass is 411 g/mol. The van der Waals surface area contributed by atoms with Crippen molar-refractivity contribution in [3.8, 4) is 0 Å². The number of hydrogen-bond donors (Lipinski definition) is 0. The normalized spacial score (nSPS) is 17.9. The lowest BCUT2D eigenvalue weighted by molar-refractivity contribution is 0.0628. The molecule has 6 nitrogen and oxygen atoms in total. The van der Waals surface area contributed by atoms with Crippen LogP contribution in [0.3, 0.4) is 0 Å². The molecule has 2 aliphatic heterocycles. The second kappa shape index (κ2) is 7.28. The van der Waals surface area contributed by atoms with Crippen molar-refractivity contribution in [2.45, 2.75) is 18.8 Å². The highest BCUT2D eigenvalue weighted by atomic mass is 19.1. The largest absolute Gasteiger partial charge is 0.356 e. The Balaban J connectivity index is 1.21. The number of rotatable bonds is 4. The Morgan fingerprint density at radius 3 is 2.60 bits per heavy atom. The summed E-state index contributed by atoms with van der Waals surface area (Å²) in [5.41, 5.74) is 1.30. The molecule has 3 heterocycles. The quantitative estimate of drug-likeness (QED) is 0.614. The molecule has 2 aromatic carbocycles. The smallest absolute Gasteiger partial charge is 0.264 e. The minimum absolute atomic E-state index is 0.129. The molecule has 154 valence electrons. The summed E-state index contributed by atoms with van der Waals surface area (Å²) in [7, 11) is 0. The molecule has 5 rings (SSSR count). The van der Waals surface area contributed by atoms with Crippen molar-refractivity contribution in [1.29, 1.82) is 0 Å². The van der Waals surface area contributed by atoms with Crippen molar-refractivity contribution in [2.24, 2.45) is 0 Å². The van der Waals surface area contributed by atoms with Crippen LogP contribution < -0.4 is 0 Å². The van der Waals surface area contributed by atoms with Crippen molar-refractivity contribution in [1.82, 2.24) is 15.0 Å². The van der Waals surface area contributed by atoms with Crippen LogP contribution in [0.25, 0.3) is 11.0 Å². The van der Waals surface area contributed by atoms with Crippen LogP contribution in [0, 0.1) is 11.6 Å². The van der Waals surface area contributed by atoms with E-state index in [2.05, 4.69) is 10.1 Å². The summed E-state index contributed by atoms with van der Waals surface area (Å²) in [5, 5.41) is 4.99. The first-order valence-electron chi connectivity index (χ1n) is 9.95. The number of hydrogen-bond acceptors (Lipinski definition) is 5. The van der Waals surface area contributed by atoms with Gasteiger partial charge in [0.2, 0.25) is 0 Å². The third-order valence-electron chi connectivity index (χ3n) is 6.02. The number of piperidine rings is 1. The number of halogens is 2. The van der Waals surface area contributed by atoms with E-state index < -0.39 is 17.6 Å². The average molecular weight is 411 g/mol. The Labute approximate surface area is 171 Å². The van der Waals surface area contributed by atoms with Gasteiger partial charge in [-0.15, -0.1) is 0 Å². The minimum atomic E-state index is -0.658. The van der Waals surface area contributed by atoms with Crippen LogP contribution in [-0.2, 0) is 0 Å². The predicted octanol–water partition coefficient (Wildman–Crippen LogP) is 3.58. The van der Waals surface area contributed by atoms with Crippen molar-refractivity contribution in [3.63, 3.8) is 0 Å². The second-order valence-electron chi connectivity index (χ2n) is 7.75. The molecule has 0 unspecified atom stereocenters. The van der Waals surface area contributed by atoms with E-state index in [0.29, 0.717) is 12.1 Å². The van der Waals surface area contributed by atoms with Gasteiger partial charge in [0.25, 0.3) is 11.8 Å². The fraction of sp³-hybridized carbons (Fsp3) is 0.318. The molecule has 1 aromatic heterocycles. The van der Waals surface area contributed by atoms with E-state index >= 15 is 0 Å². The minimum Gasteiger partial charge on any atom is -0.356 e. The SMILES string of the molecule is O=C1c2cccc(F)c2C(=O)N1CCN1CCC(c2noc3cc(F)ccc23)CC1. The van der Waals surface area contributed by atoms with Crippen LogP contribution in [0.2, 0.25) is 0 Å². The van der Waals surface area contributed by atoms with Gasteiger partial charge in [0.05, 0.1) is 16.8 Å². The number of nitrogens with zero attached hydrogens (tertiary/aromatic N) is 3. The van der Waals surface area contributed by atoms with Gasteiger partial charge in [0.1, 0.15) is 11.6 Å². The molecular weight excluding hydrogens is 392 g/mol. The van der Waals surface area contributed by atoms with Gasteiger partial charge in [0.15, 0.2) is 5.58 Å². The highest BCUT2D eigenvalue weighted by Crippen LogP contribution is 2.33. The molecule has 2 amide bonds. The van der Waals surface area contributed by atoms with Gasteiger partial charge in [-0.1, -0.05) is 11.2 Å². The molecule has 8 heteroatoms. The lowest BCUT2D eigenvalue weighted by atomic mass is 9.91. The Bertz CT molecular complexity index is 1150. The molecule has 1 fully saturated rings. The van der Waals surface area contributed by atoms with Crippen LogP contribution in [-0.4, -0.2) is 52.9 Å². The number of aromatic nitrogens is 1. The zero-order valence-electron chi connectivity index (χ0n) is 16.1. The predicted molar refractivity (Wildman–Crippen MR) is 104 cm³/mol. The lowest BCUT2D eigenvalue weighted by Crippen LogP contribution is -2.41. The maximum absolute atomic E-state index is 13.9. The molecule has 0 saturated carbocycles. The number of benzene rings is 2. The molecule has 0 bridgehead atoms. The number of imide groups is 1. The molecule has 0 spiro atoms. The fourth-order valence-electron chi connectivity index (χ4n) is 4.39. The summed E-state index contributed by atoms with van der Waals surface area (Å²) in [6.07, 6.45) is 1.69. The van der Waals surface area contributed by atoms with E-state index in [4.69, 9.17) is 4.52 Å². The van der Waals surface area contributed by atoms with E-state index in [1.54, 1.807) is 6.07 Å². The van der Waals surface area contributed by atoms with Gasteiger partial charge >= 0.3 is 0 Å². The topological polar surface area (TPSA) is 66.7 Å². The maximum Gasteiger partial charge on any atom is 0.264 e. The molecule has 1 saturated heterocycles. The Morgan fingerprint density at radius 2 is 1.83 bits per heavy atom. The standard InChI is InChI=1S/C22H19F2N3O3/c23-14-4-5-15-18(12-14)30-25-20(15)13-6-8-26(9-7-13)10-11-27-21(28)16-2-1-3-17(24)19(16)22(27)29/h1-5,12-13H,6-11H2. The summed E-state index contributed by atoms with van der Waals surface area (Å²) >= 11 is 0. The van der Waals surface area contributed by atoms with Crippen LogP contribution in [0.5, 0.6) is 0 Å². The highest BCUT2D eigenvalue weighted by Gasteiger charge is 2.37. The maximum atomic E-state index is 13.9. The summed E-state index contributed by atoms with van der Waals surface area (Å²) in [6, 6.07) is 8.56. The average Bonchev–Trinajstić information content (AvgIpc) is 3.26. The van der Waals surface area contributed by atoms with Crippen molar-refractivity contribution in [2.75, 3.05) is 26.2 Å². The Hall–Kier alpha value is -3.13. The number of carbonyl (C=O) groups is 2. The second-order valence-corrected chi connectivity index (χ2v) is 7.75. The van der Waals surface area contributed by atoms with E-state index in [1.165, 1.54) is 30.3 Å². The first kappa shape index (κ1) is 18.9. The van der Waals surface area contributed by atoms with Gasteiger partial charge in [-0.3, -0.25) is 14.5 Å². The molecule has 0 aliphatic carbocycles. The third kappa shape index (κ3) is 3.08. The van der Waals surface area contributed by atoms with Crippen LogP contribution in [0.4, 0.5) is 8.78 Å². The van der Waals surface area contributed by atoms with Crippen LogP contribution >= 0.6 is 0 Å². The number of amides is 2. The molecular formula is C22H19F2N3O3. The molecule has 0 N–H and O–H groups in total. The lowest BCUT2D eigenvalue weighted by Gasteiger charge is -2.32. The summed E-state index contributed by atoms with van der Waals surface area (Å²) in [4.78, 5) is 28.2. The van der Waals surface area contributed by atoms with E-state index in [1.807, 2.05) is 0 Å². The van der Waals surface area contributed by atoms with Crippen molar-refractivity contribution in [3.05, 3.63) is 64.9 Å². The molecule has 2 aliphatic rings. The number of carbonyl (C=O) groups excluding carboxylic acids is 2. The zero-order chi connectivity index (χ0) is 20.8. The van der Waals surface area contributed by atoms with Gasteiger partial charge in [-0.2, -0.15) is 0 Å². The first-order chi connectivity index (χ1) is 14.5. The van der Waals surface area contributed by atoms with E-state index in [0.717, 1.165) is 41.9 Å². The third-order valence-corrected chi connectivity index (χ3v) is 6.02. The number of fused-ring (bicyclic) bond motifs is 2. The zero-order valence-corrected chi connectivity index (χ0v) is 16.1. The molecule has 3 aromatic rings. The van der Waals surface area contributed by atoms with Gasteiger partial charge < -0.3 is 9.42 Å². The molecule has 0 atom stereocenters. The Morgan fingerprint density at radius 1 is 1.03 bits per heavy atom. The molecule has 30 heavy (non-hydrogen) atoms. The first-order valence-corrected chi connectivity index (χ1v) is 9.95. The van der Waals surface area contributed by atoms with Crippen molar-refractivity contribution >= 4 is 22.8 Å². The van der Waals surface area contributed by atoms with Gasteiger partial charge in [-0.05, 0) is 50.2 Å². The summed E-state index contributed by atoms with van der Waals surface area (Å²) in [5.74, 6) is -1.81. The van der Waals surface area contributed by atoms with Crippen LogP contribution in [0.15, 0.2) is 40.9 Å². The fourth-order valence-corrected chi connectivity index (χ4v) is 4.39. The Kier molecular flexibility index (Phi) is 4.58. The van der Waals surface area contributed by atoms with Crippen molar-refractivity contribution < 1.29 is 22.9 Å². The van der Waals surface area contributed by atoms with E-state index in [-0.39, 0.29) is 29.4 Å².